The summed E-state index contributed by atoms with van der Waals surface area (Å²) in [4.78, 5) is 24.7. The highest BCUT2D eigenvalue weighted by Crippen LogP contribution is 2.27. The number of aryl methyl sites for hydroxylation is 3. The summed E-state index contributed by atoms with van der Waals surface area (Å²) in [6.45, 7) is 11.1. The number of amides is 1. The van der Waals surface area contributed by atoms with Crippen LogP contribution in [0.1, 0.15) is 59.7 Å². The van der Waals surface area contributed by atoms with E-state index in [4.69, 9.17) is 9.15 Å². The van der Waals surface area contributed by atoms with Gasteiger partial charge in [-0.25, -0.2) is 4.79 Å². The largest absolute Gasteiger partial charge is 0.466 e. The maximum atomic E-state index is 12.5. The van der Waals surface area contributed by atoms with Gasteiger partial charge in [0.25, 0.3) is 5.91 Å². The molecule has 1 amide bonds. The minimum absolute atomic E-state index is 0.268. The van der Waals surface area contributed by atoms with Gasteiger partial charge in [-0.05, 0) is 50.8 Å². The van der Waals surface area contributed by atoms with Crippen molar-refractivity contribution in [1.82, 2.24) is 0 Å². The lowest BCUT2D eigenvalue weighted by atomic mass is 9.98. The maximum Gasteiger partial charge on any atom is 0.342 e. The van der Waals surface area contributed by atoms with Gasteiger partial charge in [0.2, 0.25) is 0 Å². The van der Waals surface area contributed by atoms with E-state index in [1.54, 1.807) is 26.8 Å². The molecule has 0 bridgehead atoms. The van der Waals surface area contributed by atoms with E-state index < -0.39 is 12.1 Å². The Morgan fingerprint density at radius 3 is 2.36 bits per heavy atom. The molecule has 0 aliphatic rings. The Morgan fingerprint density at radius 2 is 1.80 bits per heavy atom. The molecule has 1 atom stereocenters. The summed E-state index contributed by atoms with van der Waals surface area (Å²) >= 11 is 0. The van der Waals surface area contributed by atoms with Crippen molar-refractivity contribution in [2.75, 3.05) is 5.32 Å². The first-order valence-corrected chi connectivity index (χ1v) is 8.39. The van der Waals surface area contributed by atoms with Crippen molar-refractivity contribution in [3.05, 3.63) is 52.5 Å². The standard InChI is InChI=1S/C20H25NO4/c1-11(2)16-9-7-8-12(3)18(16)21-19(22)15(6)25-20(23)17-10-13(4)24-14(17)5/h7-11,15H,1-6H3,(H,21,22)/t15-/m1/s1. The van der Waals surface area contributed by atoms with E-state index in [0.29, 0.717) is 17.1 Å². The van der Waals surface area contributed by atoms with Crippen LogP contribution in [0.25, 0.3) is 0 Å². The van der Waals surface area contributed by atoms with Crippen molar-refractivity contribution in [2.45, 2.75) is 53.6 Å². The molecule has 1 aromatic carbocycles. The highest BCUT2D eigenvalue weighted by Gasteiger charge is 2.23. The Morgan fingerprint density at radius 1 is 1.12 bits per heavy atom. The summed E-state index contributed by atoms with van der Waals surface area (Å²) in [5.41, 5.74) is 3.14. The topological polar surface area (TPSA) is 68.5 Å². The van der Waals surface area contributed by atoms with Gasteiger partial charge in [0.15, 0.2) is 6.10 Å². The smallest absolute Gasteiger partial charge is 0.342 e. The van der Waals surface area contributed by atoms with E-state index in [1.807, 2.05) is 25.1 Å². The summed E-state index contributed by atoms with van der Waals surface area (Å²) in [6, 6.07) is 7.51. The zero-order valence-electron chi connectivity index (χ0n) is 15.6. The van der Waals surface area contributed by atoms with E-state index in [2.05, 4.69) is 19.2 Å². The molecule has 0 spiro atoms. The zero-order chi connectivity index (χ0) is 18.7. The van der Waals surface area contributed by atoms with Crippen LogP contribution in [-0.4, -0.2) is 18.0 Å². The minimum Gasteiger partial charge on any atom is -0.466 e. The summed E-state index contributed by atoms with van der Waals surface area (Å²) < 4.78 is 10.6. The number of carbonyl (C=O) groups is 2. The van der Waals surface area contributed by atoms with Gasteiger partial charge >= 0.3 is 5.97 Å². The van der Waals surface area contributed by atoms with Crippen LogP contribution < -0.4 is 5.32 Å². The minimum atomic E-state index is -0.915. The van der Waals surface area contributed by atoms with Crippen molar-refractivity contribution in [3.63, 3.8) is 0 Å². The summed E-state index contributed by atoms with van der Waals surface area (Å²) in [6.07, 6.45) is -0.915. The predicted molar refractivity (Wildman–Crippen MR) is 97.0 cm³/mol. The van der Waals surface area contributed by atoms with Gasteiger partial charge in [0, 0.05) is 5.69 Å². The zero-order valence-corrected chi connectivity index (χ0v) is 15.6. The third-order valence-corrected chi connectivity index (χ3v) is 4.09. The van der Waals surface area contributed by atoms with Crippen LogP contribution in [-0.2, 0) is 9.53 Å². The molecule has 1 heterocycles. The van der Waals surface area contributed by atoms with E-state index in [-0.39, 0.29) is 11.8 Å². The molecule has 0 radical (unpaired) electrons. The maximum absolute atomic E-state index is 12.5. The van der Waals surface area contributed by atoms with Gasteiger partial charge in [0.1, 0.15) is 17.1 Å². The average molecular weight is 343 g/mol. The molecular weight excluding hydrogens is 318 g/mol. The summed E-state index contributed by atoms with van der Waals surface area (Å²) in [5, 5.41) is 2.90. The number of furan rings is 1. The molecule has 0 aliphatic carbocycles. The van der Waals surface area contributed by atoms with Crippen LogP contribution in [0, 0.1) is 20.8 Å². The molecule has 0 fully saturated rings. The number of ether oxygens (including phenoxy) is 1. The van der Waals surface area contributed by atoms with E-state index >= 15 is 0 Å². The quantitative estimate of drug-likeness (QED) is 0.811. The van der Waals surface area contributed by atoms with Crippen LogP contribution in [0.4, 0.5) is 5.69 Å². The fourth-order valence-corrected chi connectivity index (χ4v) is 2.68. The second-order valence-electron chi connectivity index (χ2n) is 6.56. The number of carbonyl (C=O) groups excluding carboxylic acids is 2. The van der Waals surface area contributed by atoms with E-state index in [0.717, 1.165) is 16.8 Å². The van der Waals surface area contributed by atoms with E-state index in [9.17, 15) is 9.59 Å². The second-order valence-corrected chi connectivity index (χ2v) is 6.56. The highest BCUT2D eigenvalue weighted by atomic mass is 16.5. The van der Waals surface area contributed by atoms with Crippen molar-refractivity contribution in [3.8, 4) is 0 Å². The van der Waals surface area contributed by atoms with Gasteiger partial charge in [-0.3, -0.25) is 4.79 Å². The van der Waals surface area contributed by atoms with Crippen molar-refractivity contribution < 1.29 is 18.7 Å². The lowest BCUT2D eigenvalue weighted by Gasteiger charge is -2.19. The average Bonchev–Trinajstić information content (AvgIpc) is 2.87. The number of nitrogens with one attached hydrogen (secondary N) is 1. The van der Waals surface area contributed by atoms with Crippen LogP contribution in [0.15, 0.2) is 28.7 Å². The number of anilines is 1. The third kappa shape index (κ3) is 4.29. The molecule has 0 saturated heterocycles. The number of benzene rings is 1. The molecule has 25 heavy (non-hydrogen) atoms. The molecule has 2 aromatic rings. The fraction of sp³-hybridized carbons (Fsp3) is 0.400. The van der Waals surface area contributed by atoms with Gasteiger partial charge in [0.05, 0.1) is 0 Å². The van der Waals surface area contributed by atoms with Crippen molar-refractivity contribution in [1.29, 1.82) is 0 Å². The molecule has 134 valence electrons. The van der Waals surface area contributed by atoms with Crippen LogP contribution in [0.3, 0.4) is 0 Å². The molecule has 0 saturated carbocycles. The van der Waals surface area contributed by atoms with Crippen LogP contribution >= 0.6 is 0 Å². The summed E-state index contributed by atoms with van der Waals surface area (Å²) in [7, 11) is 0. The highest BCUT2D eigenvalue weighted by molar-refractivity contribution is 5.98. The lowest BCUT2D eigenvalue weighted by molar-refractivity contribution is -0.123. The Hall–Kier alpha value is -2.56. The van der Waals surface area contributed by atoms with Crippen molar-refractivity contribution >= 4 is 17.6 Å². The normalized spacial score (nSPS) is 12.1. The fourth-order valence-electron chi connectivity index (χ4n) is 2.68. The lowest BCUT2D eigenvalue weighted by Crippen LogP contribution is -2.30. The Labute approximate surface area is 148 Å². The molecule has 0 aliphatic heterocycles. The molecule has 5 heteroatoms. The first kappa shape index (κ1) is 18.8. The number of hydrogen-bond donors (Lipinski definition) is 1. The number of esters is 1. The molecule has 5 nitrogen and oxygen atoms in total. The number of rotatable bonds is 5. The predicted octanol–water partition coefficient (Wildman–Crippen LogP) is 4.51. The first-order chi connectivity index (χ1) is 11.7. The molecule has 0 unspecified atom stereocenters. The van der Waals surface area contributed by atoms with Crippen LogP contribution in [0.2, 0.25) is 0 Å². The Balaban J connectivity index is 2.11. The monoisotopic (exact) mass is 343 g/mol. The molecule has 1 aromatic heterocycles. The second kappa shape index (κ2) is 7.55. The van der Waals surface area contributed by atoms with Crippen molar-refractivity contribution in [2.24, 2.45) is 0 Å². The van der Waals surface area contributed by atoms with E-state index in [1.165, 1.54) is 0 Å². The van der Waals surface area contributed by atoms with Gasteiger partial charge in [-0.1, -0.05) is 32.0 Å². The first-order valence-electron chi connectivity index (χ1n) is 8.39. The van der Waals surface area contributed by atoms with Gasteiger partial charge in [-0.2, -0.15) is 0 Å². The van der Waals surface area contributed by atoms with Crippen LogP contribution in [0.5, 0.6) is 0 Å². The number of hydrogen-bond acceptors (Lipinski definition) is 4. The molecule has 1 N–H and O–H groups in total. The summed E-state index contributed by atoms with van der Waals surface area (Å²) in [5.74, 6) is 0.456. The SMILES string of the molecule is Cc1cc(C(=O)O[C@H](C)C(=O)Nc2c(C)cccc2C(C)C)c(C)o1. The molecular formula is C20H25NO4. The molecule has 2 rings (SSSR count). The number of para-hydroxylation sites is 1. The Bertz CT molecular complexity index is 789. The third-order valence-electron chi connectivity index (χ3n) is 4.09. The van der Waals surface area contributed by atoms with Gasteiger partial charge in [-0.15, -0.1) is 0 Å². The Kier molecular flexibility index (Phi) is 5.67. The van der Waals surface area contributed by atoms with Gasteiger partial charge < -0.3 is 14.5 Å².